The van der Waals surface area contributed by atoms with E-state index < -0.39 is 0 Å². The lowest BCUT2D eigenvalue weighted by Gasteiger charge is -2.03. The molecule has 0 saturated heterocycles. The molecule has 0 atom stereocenters. The van der Waals surface area contributed by atoms with Gasteiger partial charge in [-0.2, -0.15) is 0 Å². The van der Waals surface area contributed by atoms with Gasteiger partial charge in [0.05, 0.1) is 0 Å². The summed E-state index contributed by atoms with van der Waals surface area (Å²) in [6, 6.07) is 5.10. The van der Waals surface area contributed by atoms with Gasteiger partial charge in [0.15, 0.2) is 17.5 Å². The van der Waals surface area contributed by atoms with Gasteiger partial charge in [-0.05, 0) is 19.1 Å². The van der Waals surface area contributed by atoms with Crippen molar-refractivity contribution in [2.24, 2.45) is 0 Å². The molecule has 18 heavy (non-hydrogen) atoms. The van der Waals surface area contributed by atoms with Crippen LogP contribution in [-0.2, 0) is 4.79 Å². The Morgan fingerprint density at radius 3 is 2.56 bits per heavy atom. The van der Waals surface area contributed by atoms with Crippen LogP contribution >= 0.6 is 0 Å². The molecule has 94 valence electrons. The van der Waals surface area contributed by atoms with E-state index in [0.29, 0.717) is 29.6 Å². The molecular formula is C11H13N5O2. The normalized spacial score (nSPS) is 10.1. The Bertz CT molecular complexity index is 535. The van der Waals surface area contributed by atoms with Crippen molar-refractivity contribution < 1.29 is 9.32 Å². The van der Waals surface area contributed by atoms with Gasteiger partial charge in [0, 0.05) is 12.5 Å². The van der Waals surface area contributed by atoms with Crippen molar-refractivity contribution in [1.29, 1.82) is 0 Å². The maximum absolute atomic E-state index is 11.1. The molecule has 1 amide bonds. The predicted octanol–water partition coefficient (Wildman–Crippen LogP) is 1.87. The standard InChI is InChI=1S/C11H13N5O2/c1-3-11(17)13-9-5-4-8(14-15-9)12-10-6-7(2)18-16-10/h4-6H,3H2,1-2H3,(H,12,14,16)(H,13,15,17). The lowest BCUT2D eigenvalue weighted by molar-refractivity contribution is -0.115. The fourth-order valence-corrected chi connectivity index (χ4v) is 1.25. The first kappa shape index (κ1) is 12.0. The molecule has 2 aromatic heterocycles. The Morgan fingerprint density at radius 2 is 2.00 bits per heavy atom. The summed E-state index contributed by atoms with van der Waals surface area (Å²) in [5, 5.41) is 17.1. The van der Waals surface area contributed by atoms with Crippen LogP contribution in [0.5, 0.6) is 0 Å². The summed E-state index contributed by atoms with van der Waals surface area (Å²) in [5.41, 5.74) is 0. The molecule has 2 aromatic rings. The predicted molar refractivity (Wildman–Crippen MR) is 65.5 cm³/mol. The van der Waals surface area contributed by atoms with Crippen molar-refractivity contribution in [3.05, 3.63) is 24.0 Å². The molecule has 2 N–H and O–H groups in total. The largest absolute Gasteiger partial charge is 0.360 e. The summed E-state index contributed by atoms with van der Waals surface area (Å²) in [7, 11) is 0. The maximum atomic E-state index is 11.1. The molecule has 0 aliphatic rings. The third-order valence-electron chi connectivity index (χ3n) is 2.14. The summed E-state index contributed by atoms with van der Waals surface area (Å²) < 4.78 is 4.91. The van der Waals surface area contributed by atoms with Crippen molar-refractivity contribution in [1.82, 2.24) is 15.4 Å². The van der Waals surface area contributed by atoms with Gasteiger partial charge >= 0.3 is 0 Å². The first-order valence-electron chi connectivity index (χ1n) is 5.51. The molecular weight excluding hydrogens is 234 g/mol. The van der Waals surface area contributed by atoms with Gasteiger partial charge < -0.3 is 15.2 Å². The van der Waals surface area contributed by atoms with E-state index in [0.717, 1.165) is 0 Å². The zero-order valence-electron chi connectivity index (χ0n) is 10.1. The van der Waals surface area contributed by atoms with Gasteiger partial charge in [-0.1, -0.05) is 12.1 Å². The van der Waals surface area contributed by atoms with Crippen LogP contribution in [0.25, 0.3) is 0 Å². The number of hydrogen-bond acceptors (Lipinski definition) is 6. The van der Waals surface area contributed by atoms with E-state index in [2.05, 4.69) is 26.0 Å². The second-order valence-electron chi connectivity index (χ2n) is 3.65. The molecule has 0 unspecified atom stereocenters. The zero-order valence-corrected chi connectivity index (χ0v) is 10.1. The molecule has 0 bridgehead atoms. The van der Waals surface area contributed by atoms with Gasteiger partial charge in [0.1, 0.15) is 5.76 Å². The average molecular weight is 247 g/mol. The van der Waals surface area contributed by atoms with E-state index in [-0.39, 0.29) is 5.91 Å². The van der Waals surface area contributed by atoms with E-state index >= 15 is 0 Å². The molecule has 7 nitrogen and oxygen atoms in total. The number of aromatic nitrogens is 3. The lowest BCUT2D eigenvalue weighted by Crippen LogP contribution is -2.11. The van der Waals surface area contributed by atoms with E-state index in [4.69, 9.17) is 4.52 Å². The number of nitrogens with one attached hydrogen (secondary N) is 2. The average Bonchev–Trinajstić information content (AvgIpc) is 2.77. The first-order chi connectivity index (χ1) is 8.67. The number of anilines is 3. The number of carbonyl (C=O) groups is 1. The van der Waals surface area contributed by atoms with Crippen LogP contribution in [0.3, 0.4) is 0 Å². The Morgan fingerprint density at radius 1 is 1.28 bits per heavy atom. The minimum atomic E-state index is -0.0999. The fourth-order valence-electron chi connectivity index (χ4n) is 1.25. The van der Waals surface area contributed by atoms with Gasteiger partial charge in [-0.3, -0.25) is 4.79 Å². The van der Waals surface area contributed by atoms with Crippen molar-refractivity contribution in [3.63, 3.8) is 0 Å². The number of amides is 1. The van der Waals surface area contributed by atoms with Crippen LogP contribution in [0, 0.1) is 6.92 Å². The maximum Gasteiger partial charge on any atom is 0.225 e. The molecule has 0 saturated carbocycles. The van der Waals surface area contributed by atoms with Crippen LogP contribution in [0.15, 0.2) is 22.7 Å². The van der Waals surface area contributed by atoms with E-state index in [1.807, 2.05) is 0 Å². The highest BCUT2D eigenvalue weighted by atomic mass is 16.5. The highest BCUT2D eigenvalue weighted by molar-refractivity contribution is 5.89. The topological polar surface area (TPSA) is 92.9 Å². The minimum absolute atomic E-state index is 0.0999. The monoisotopic (exact) mass is 247 g/mol. The third kappa shape index (κ3) is 3.03. The quantitative estimate of drug-likeness (QED) is 0.856. The second kappa shape index (κ2) is 5.26. The van der Waals surface area contributed by atoms with Crippen molar-refractivity contribution >= 4 is 23.4 Å². The highest BCUT2D eigenvalue weighted by Crippen LogP contribution is 2.14. The van der Waals surface area contributed by atoms with Gasteiger partial charge in [0.2, 0.25) is 5.91 Å². The SMILES string of the molecule is CCC(=O)Nc1ccc(Nc2cc(C)on2)nn1. The van der Waals surface area contributed by atoms with Crippen LogP contribution in [-0.4, -0.2) is 21.3 Å². The Hall–Kier alpha value is -2.44. The van der Waals surface area contributed by atoms with E-state index in [9.17, 15) is 4.79 Å². The van der Waals surface area contributed by atoms with Crippen LogP contribution in [0.1, 0.15) is 19.1 Å². The fraction of sp³-hybridized carbons (Fsp3) is 0.273. The summed E-state index contributed by atoms with van der Waals surface area (Å²) in [4.78, 5) is 11.1. The number of aryl methyl sites for hydroxylation is 1. The number of hydrogen-bond donors (Lipinski definition) is 2. The molecule has 2 heterocycles. The van der Waals surface area contributed by atoms with E-state index in [1.54, 1.807) is 32.0 Å². The van der Waals surface area contributed by atoms with Crippen LogP contribution in [0.4, 0.5) is 17.5 Å². The number of nitrogens with zero attached hydrogens (tertiary/aromatic N) is 3. The van der Waals surface area contributed by atoms with Crippen LogP contribution < -0.4 is 10.6 Å². The third-order valence-corrected chi connectivity index (χ3v) is 2.14. The summed E-state index contributed by atoms with van der Waals surface area (Å²) in [5.74, 6) is 2.11. The molecule has 0 radical (unpaired) electrons. The molecule has 2 rings (SSSR count). The second-order valence-corrected chi connectivity index (χ2v) is 3.65. The van der Waals surface area contributed by atoms with Gasteiger partial charge in [-0.25, -0.2) is 0 Å². The molecule has 7 heteroatoms. The van der Waals surface area contributed by atoms with Crippen molar-refractivity contribution in [2.75, 3.05) is 10.6 Å². The minimum Gasteiger partial charge on any atom is -0.360 e. The van der Waals surface area contributed by atoms with E-state index in [1.165, 1.54) is 0 Å². The summed E-state index contributed by atoms with van der Waals surface area (Å²) in [6.45, 7) is 3.57. The molecule has 0 aliphatic carbocycles. The van der Waals surface area contributed by atoms with Crippen molar-refractivity contribution in [2.45, 2.75) is 20.3 Å². The zero-order chi connectivity index (χ0) is 13.0. The summed E-state index contributed by atoms with van der Waals surface area (Å²) in [6.07, 6.45) is 0.403. The molecule has 0 aliphatic heterocycles. The molecule has 0 aromatic carbocycles. The summed E-state index contributed by atoms with van der Waals surface area (Å²) >= 11 is 0. The van der Waals surface area contributed by atoms with Crippen LogP contribution in [0.2, 0.25) is 0 Å². The Kier molecular flexibility index (Phi) is 3.52. The van der Waals surface area contributed by atoms with Gasteiger partial charge in [-0.15, -0.1) is 10.2 Å². The highest BCUT2D eigenvalue weighted by Gasteiger charge is 2.04. The number of carbonyl (C=O) groups excluding carboxylic acids is 1. The molecule has 0 fully saturated rings. The Balaban J connectivity index is 2.01. The smallest absolute Gasteiger partial charge is 0.225 e. The van der Waals surface area contributed by atoms with Crippen molar-refractivity contribution in [3.8, 4) is 0 Å². The Labute approximate surface area is 104 Å². The number of rotatable bonds is 4. The molecule has 0 spiro atoms. The first-order valence-corrected chi connectivity index (χ1v) is 5.51. The van der Waals surface area contributed by atoms with Gasteiger partial charge in [0.25, 0.3) is 0 Å². The lowest BCUT2D eigenvalue weighted by atomic mass is 10.4.